The van der Waals surface area contributed by atoms with Gasteiger partial charge in [0.1, 0.15) is 11.8 Å². The third-order valence-electron chi connectivity index (χ3n) is 3.75. The molecule has 3 N–H and O–H groups in total. The van der Waals surface area contributed by atoms with E-state index in [1.54, 1.807) is 19.1 Å². The third-order valence-corrected chi connectivity index (χ3v) is 4.62. The molecule has 0 spiro atoms. The molecule has 1 unspecified atom stereocenters. The van der Waals surface area contributed by atoms with Crippen LogP contribution in [0.3, 0.4) is 0 Å². The van der Waals surface area contributed by atoms with E-state index >= 15 is 0 Å². The summed E-state index contributed by atoms with van der Waals surface area (Å²) in [6.45, 7) is 1.78. The number of aromatic nitrogens is 1. The zero-order chi connectivity index (χ0) is 18.1. The summed E-state index contributed by atoms with van der Waals surface area (Å²) >= 11 is 1.06. The number of thiazole rings is 1. The molecule has 1 aromatic carbocycles. The highest BCUT2D eigenvalue weighted by Crippen LogP contribution is 2.29. The van der Waals surface area contributed by atoms with Crippen LogP contribution >= 0.6 is 11.3 Å². The summed E-state index contributed by atoms with van der Waals surface area (Å²) < 4.78 is 0. The van der Waals surface area contributed by atoms with Crippen molar-refractivity contribution in [3.05, 3.63) is 34.8 Å². The molecular formula is C16H15N3O5S. The van der Waals surface area contributed by atoms with Gasteiger partial charge < -0.3 is 15.5 Å². The minimum absolute atomic E-state index is 0.0208. The molecule has 9 heteroatoms. The molecule has 0 aliphatic carbocycles. The predicted octanol–water partition coefficient (Wildman–Crippen LogP) is 1.53. The average Bonchev–Trinajstić information content (AvgIpc) is 3.06. The standard InChI is InChI=1S/C16H15N3O5S/c1-8-4-10(20)2-3-11(8)18-12-6-13(21)19(15(12)24)16-17-9(7-25-16)5-14(22)23/h2-4,7,12,18,20H,5-6H2,1H3,(H,22,23). The molecule has 1 fully saturated rings. The lowest BCUT2D eigenvalue weighted by Gasteiger charge is -2.15. The van der Waals surface area contributed by atoms with Crippen molar-refractivity contribution in [3.8, 4) is 5.75 Å². The number of aryl methyl sites for hydroxylation is 1. The van der Waals surface area contributed by atoms with Crippen LogP contribution in [-0.2, 0) is 20.8 Å². The van der Waals surface area contributed by atoms with Crippen LogP contribution in [0.2, 0.25) is 0 Å². The summed E-state index contributed by atoms with van der Waals surface area (Å²) in [4.78, 5) is 40.6. The Labute approximate surface area is 146 Å². The Kier molecular flexibility index (Phi) is 4.41. The van der Waals surface area contributed by atoms with E-state index < -0.39 is 23.8 Å². The Morgan fingerprint density at radius 2 is 2.20 bits per heavy atom. The van der Waals surface area contributed by atoms with Gasteiger partial charge in [0.05, 0.1) is 18.5 Å². The zero-order valence-corrected chi connectivity index (χ0v) is 14.0. The summed E-state index contributed by atoms with van der Waals surface area (Å²) in [5, 5.41) is 22.9. The van der Waals surface area contributed by atoms with Crippen molar-refractivity contribution < 1.29 is 24.6 Å². The number of anilines is 2. The van der Waals surface area contributed by atoms with E-state index in [2.05, 4.69) is 10.3 Å². The van der Waals surface area contributed by atoms with Crippen LogP contribution in [0.4, 0.5) is 10.8 Å². The first-order chi connectivity index (χ1) is 11.8. The molecule has 1 aromatic heterocycles. The number of nitrogens with one attached hydrogen (secondary N) is 1. The molecule has 2 amide bonds. The number of hydrogen-bond donors (Lipinski definition) is 3. The van der Waals surface area contributed by atoms with E-state index in [9.17, 15) is 19.5 Å². The van der Waals surface area contributed by atoms with E-state index in [-0.39, 0.29) is 23.7 Å². The lowest BCUT2D eigenvalue weighted by molar-refractivity contribution is -0.136. The predicted molar refractivity (Wildman–Crippen MR) is 90.8 cm³/mol. The number of phenolic OH excluding ortho intramolecular Hbond substituents is 1. The molecule has 1 atom stereocenters. The fraction of sp³-hybridized carbons (Fsp3) is 0.250. The molecule has 1 saturated heterocycles. The Morgan fingerprint density at radius 1 is 1.44 bits per heavy atom. The number of rotatable bonds is 5. The molecule has 8 nitrogen and oxygen atoms in total. The third kappa shape index (κ3) is 3.45. The highest BCUT2D eigenvalue weighted by Gasteiger charge is 2.41. The second-order valence-electron chi connectivity index (χ2n) is 5.66. The summed E-state index contributed by atoms with van der Waals surface area (Å²) in [5.74, 6) is -1.74. The number of carboxylic acid groups (broad SMARTS) is 1. The molecule has 2 aromatic rings. The highest BCUT2D eigenvalue weighted by molar-refractivity contribution is 7.14. The van der Waals surface area contributed by atoms with Crippen molar-refractivity contribution in [1.82, 2.24) is 4.98 Å². The minimum Gasteiger partial charge on any atom is -0.508 e. The molecule has 1 aliphatic rings. The monoisotopic (exact) mass is 361 g/mol. The Hall–Kier alpha value is -2.94. The average molecular weight is 361 g/mol. The van der Waals surface area contributed by atoms with E-state index in [1.165, 1.54) is 11.4 Å². The number of aliphatic carboxylic acids is 1. The second-order valence-corrected chi connectivity index (χ2v) is 6.50. The zero-order valence-electron chi connectivity index (χ0n) is 13.2. The van der Waals surface area contributed by atoms with Gasteiger partial charge in [-0.1, -0.05) is 0 Å². The number of amides is 2. The highest BCUT2D eigenvalue weighted by atomic mass is 32.1. The molecule has 130 valence electrons. The van der Waals surface area contributed by atoms with Crippen molar-refractivity contribution in [2.45, 2.75) is 25.8 Å². The smallest absolute Gasteiger partial charge is 0.309 e. The number of phenols is 1. The van der Waals surface area contributed by atoms with Gasteiger partial charge >= 0.3 is 5.97 Å². The Morgan fingerprint density at radius 3 is 2.88 bits per heavy atom. The topological polar surface area (TPSA) is 120 Å². The Bertz CT molecular complexity index is 863. The van der Waals surface area contributed by atoms with Crippen LogP contribution in [-0.4, -0.2) is 39.0 Å². The number of nitrogens with zero attached hydrogens (tertiary/aromatic N) is 2. The number of hydrogen-bond acceptors (Lipinski definition) is 7. The van der Waals surface area contributed by atoms with Gasteiger partial charge in [0.15, 0.2) is 5.13 Å². The minimum atomic E-state index is -1.03. The largest absolute Gasteiger partial charge is 0.508 e. The van der Waals surface area contributed by atoms with Crippen LogP contribution in [0.25, 0.3) is 0 Å². The van der Waals surface area contributed by atoms with Gasteiger partial charge in [-0.05, 0) is 30.7 Å². The summed E-state index contributed by atoms with van der Waals surface area (Å²) in [5.41, 5.74) is 1.70. The number of imide groups is 1. The fourth-order valence-corrected chi connectivity index (χ4v) is 3.42. The van der Waals surface area contributed by atoms with Crippen LogP contribution in [0.1, 0.15) is 17.7 Å². The molecule has 3 rings (SSSR count). The first-order valence-corrected chi connectivity index (χ1v) is 8.32. The summed E-state index contributed by atoms with van der Waals surface area (Å²) in [6, 6.07) is 3.95. The lowest BCUT2D eigenvalue weighted by atomic mass is 10.1. The van der Waals surface area contributed by atoms with Crippen LogP contribution in [0.15, 0.2) is 23.6 Å². The van der Waals surface area contributed by atoms with Crippen LogP contribution < -0.4 is 10.2 Å². The van der Waals surface area contributed by atoms with Gasteiger partial charge in [-0.2, -0.15) is 0 Å². The van der Waals surface area contributed by atoms with E-state index in [1.807, 2.05) is 0 Å². The molecule has 0 radical (unpaired) electrons. The van der Waals surface area contributed by atoms with Crippen molar-refractivity contribution in [3.63, 3.8) is 0 Å². The van der Waals surface area contributed by atoms with Gasteiger partial charge in [-0.15, -0.1) is 11.3 Å². The molecule has 0 saturated carbocycles. The number of carbonyl (C=O) groups excluding carboxylic acids is 2. The van der Waals surface area contributed by atoms with Crippen molar-refractivity contribution >= 4 is 39.9 Å². The molecule has 2 heterocycles. The number of carboxylic acids is 1. The van der Waals surface area contributed by atoms with E-state index in [0.29, 0.717) is 11.4 Å². The maximum atomic E-state index is 12.6. The maximum Gasteiger partial charge on any atom is 0.309 e. The quantitative estimate of drug-likeness (QED) is 0.545. The van der Waals surface area contributed by atoms with Gasteiger partial charge in [0.25, 0.3) is 5.91 Å². The molecule has 25 heavy (non-hydrogen) atoms. The normalized spacial score (nSPS) is 17.2. The maximum absolute atomic E-state index is 12.6. The van der Waals surface area contributed by atoms with Crippen LogP contribution in [0.5, 0.6) is 5.75 Å². The summed E-state index contributed by atoms with van der Waals surface area (Å²) in [7, 11) is 0. The first kappa shape index (κ1) is 16.9. The first-order valence-electron chi connectivity index (χ1n) is 7.44. The van der Waals surface area contributed by atoms with Gasteiger partial charge in [0, 0.05) is 11.1 Å². The van der Waals surface area contributed by atoms with Gasteiger partial charge in [-0.25, -0.2) is 9.88 Å². The molecule has 0 bridgehead atoms. The van der Waals surface area contributed by atoms with Crippen molar-refractivity contribution in [2.24, 2.45) is 0 Å². The number of aromatic hydroxyl groups is 1. The SMILES string of the molecule is Cc1cc(O)ccc1NC1CC(=O)N(c2nc(CC(=O)O)cs2)C1=O. The molecule has 1 aliphatic heterocycles. The second kappa shape index (κ2) is 6.52. The Balaban J connectivity index is 1.78. The molecular weight excluding hydrogens is 346 g/mol. The van der Waals surface area contributed by atoms with Crippen molar-refractivity contribution in [2.75, 3.05) is 10.2 Å². The van der Waals surface area contributed by atoms with Gasteiger partial charge in [-0.3, -0.25) is 14.4 Å². The van der Waals surface area contributed by atoms with Crippen LogP contribution in [0, 0.1) is 6.92 Å². The van der Waals surface area contributed by atoms with E-state index in [4.69, 9.17) is 5.11 Å². The number of carbonyl (C=O) groups is 3. The van der Waals surface area contributed by atoms with Gasteiger partial charge in [0.2, 0.25) is 5.91 Å². The van der Waals surface area contributed by atoms with Crippen molar-refractivity contribution in [1.29, 1.82) is 0 Å². The summed E-state index contributed by atoms with van der Waals surface area (Å²) in [6.07, 6.45) is -0.284. The number of benzene rings is 1. The van der Waals surface area contributed by atoms with E-state index in [0.717, 1.165) is 21.8 Å². The lowest BCUT2D eigenvalue weighted by Crippen LogP contribution is -2.34. The fourth-order valence-electron chi connectivity index (χ4n) is 2.58.